The fraction of sp³-hybridized carbons (Fsp3) is 0.227. The van der Waals surface area contributed by atoms with E-state index in [9.17, 15) is 4.79 Å². The Labute approximate surface area is 184 Å². The third-order valence-corrected chi connectivity index (χ3v) is 5.24. The second-order valence-electron chi connectivity index (χ2n) is 8.33. The molecule has 1 aromatic carbocycles. The third kappa shape index (κ3) is 4.06. The van der Waals surface area contributed by atoms with Gasteiger partial charge in [0, 0.05) is 22.4 Å². The molecule has 0 fully saturated rings. The van der Waals surface area contributed by atoms with Gasteiger partial charge in [-0.15, -0.1) is 0 Å². The molecule has 0 unspecified atom stereocenters. The van der Waals surface area contributed by atoms with Crippen molar-refractivity contribution in [2.45, 2.75) is 33.1 Å². The first-order valence-corrected chi connectivity index (χ1v) is 10.1. The molecule has 4 N–H and O–H groups in total. The van der Waals surface area contributed by atoms with E-state index in [2.05, 4.69) is 51.0 Å². The summed E-state index contributed by atoms with van der Waals surface area (Å²) in [4.78, 5) is 32.9. The molecule has 158 valence electrons. The van der Waals surface area contributed by atoms with Gasteiger partial charge in [0.05, 0.1) is 17.2 Å². The topological polar surface area (TPSA) is 122 Å². The number of halogens is 1. The zero-order valence-corrected chi connectivity index (χ0v) is 18.4. The van der Waals surface area contributed by atoms with Crippen molar-refractivity contribution in [3.8, 4) is 11.3 Å². The lowest BCUT2D eigenvalue weighted by molar-refractivity contribution is 0.102. The van der Waals surface area contributed by atoms with Gasteiger partial charge in [-0.05, 0) is 24.6 Å². The fourth-order valence-electron chi connectivity index (χ4n) is 3.08. The van der Waals surface area contributed by atoms with Crippen LogP contribution in [-0.4, -0.2) is 30.8 Å². The molecule has 0 aliphatic heterocycles. The average molecular weight is 436 g/mol. The number of benzene rings is 1. The number of nitrogens with zero attached hydrogens (tertiary/aromatic N) is 4. The van der Waals surface area contributed by atoms with Crippen molar-refractivity contribution < 1.29 is 4.79 Å². The SMILES string of the molecule is Cc1ccc(-c2cc3nc(C(C)(C)C)ncc3[nH]2)cc1NC(=O)c1ncnc(N)c1Cl. The fourth-order valence-corrected chi connectivity index (χ4v) is 3.27. The van der Waals surface area contributed by atoms with Gasteiger partial charge in [-0.25, -0.2) is 19.9 Å². The first kappa shape index (κ1) is 20.7. The molecule has 3 aromatic heterocycles. The monoisotopic (exact) mass is 435 g/mol. The zero-order chi connectivity index (χ0) is 22.3. The van der Waals surface area contributed by atoms with Crippen molar-refractivity contribution in [2.75, 3.05) is 11.1 Å². The largest absolute Gasteiger partial charge is 0.382 e. The summed E-state index contributed by atoms with van der Waals surface area (Å²) in [6.45, 7) is 8.14. The van der Waals surface area contributed by atoms with E-state index in [0.717, 1.165) is 33.7 Å². The Hall–Kier alpha value is -3.52. The lowest BCUT2D eigenvalue weighted by atomic mass is 9.96. The molecule has 0 spiro atoms. The molecule has 0 atom stereocenters. The van der Waals surface area contributed by atoms with E-state index in [0.29, 0.717) is 5.69 Å². The van der Waals surface area contributed by atoms with Crippen molar-refractivity contribution in [1.29, 1.82) is 0 Å². The van der Waals surface area contributed by atoms with Gasteiger partial charge in [-0.3, -0.25) is 4.79 Å². The standard InChI is InChI=1S/C22H22ClN7O/c1-11-5-6-12(7-13(11)29-20(31)18-17(23)19(24)27-10-26-18)14-8-15-16(28-14)9-25-21(30-15)22(2,3)4/h5-10,28H,1-4H3,(H,29,31)(H2,24,26,27). The van der Waals surface area contributed by atoms with Crippen LogP contribution < -0.4 is 11.1 Å². The number of nitrogens with one attached hydrogen (secondary N) is 2. The predicted molar refractivity (Wildman–Crippen MR) is 122 cm³/mol. The van der Waals surface area contributed by atoms with Crippen molar-refractivity contribution >= 4 is 40.0 Å². The number of amides is 1. The summed E-state index contributed by atoms with van der Waals surface area (Å²) in [5, 5.41) is 2.88. The maximum absolute atomic E-state index is 12.7. The van der Waals surface area contributed by atoms with Crippen LogP contribution in [-0.2, 0) is 5.41 Å². The predicted octanol–water partition coefficient (Wildman–Crippen LogP) is 4.51. The summed E-state index contributed by atoms with van der Waals surface area (Å²) < 4.78 is 0. The molecule has 31 heavy (non-hydrogen) atoms. The van der Waals surface area contributed by atoms with Crippen molar-refractivity contribution in [2.24, 2.45) is 0 Å². The number of H-pyrrole nitrogens is 1. The molecule has 4 aromatic rings. The smallest absolute Gasteiger partial charge is 0.276 e. The summed E-state index contributed by atoms with van der Waals surface area (Å²) >= 11 is 6.08. The summed E-state index contributed by atoms with van der Waals surface area (Å²) in [7, 11) is 0. The molecular formula is C22H22ClN7O. The van der Waals surface area contributed by atoms with Gasteiger partial charge in [-0.2, -0.15) is 0 Å². The summed E-state index contributed by atoms with van der Waals surface area (Å²) in [6.07, 6.45) is 3.00. The quantitative estimate of drug-likeness (QED) is 0.435. The number of rotatable bonds is 3. The van der Waals surface area contributed by atoms with Crippen LogP contribution in [0.3, 0.4) is 0 Å². The third-order valence-electron chi connectivity index (χ3n) is 4.87. The Morgan fingerprint density at radius 2 is 1.94 bits per heavy atom. The van der Waals surface area contributed by atoms with Crippen LogP contribution in [0.4, 0.5) is 11.5 Å². The first-order chi connectivity index (χ1) is 14.6. The number of anilines is 2. The van der Waals surface area contributed by atoms with Crippen LogP contribution >= 0.6 is 11.6 Å². The van der Waals surface area contributed by atoms with Crippen LogP contribution in [0.1, 0.15) is 42.6 Å². The number of aromatic nitrogens is 5. The van der Waals surface area contributed by atoms with Crippen molar-refractivity contribution in [3.63, 3.8) is 0 Å². The number of aromatic amines is 1. The number of aryl methyl sites for hydroxylation is 1. The molecule has 0 saturated carbocycles. The van der Waals surface area contributed by atoms with Gasteiger partial charge in [-0.1, -0.05) is 44.5 Å². The number of carbonyl (C=O) groups is 1. The molecule has 0 aliphatic carbocycles. The van der Waals surface area contributed by atoms with Crippen LogP contribution in [0.25, 0.3) is 22.3 Å². The lowest BCUT2D eigenvalue weighted by Gasteiger charge is -2.15. The van der Waals surface area contributed by atoms with E-state index < -0.39 is 5.91 Å². The molecule has 0 saturated heterocycles. The molecular weight excluding hydrogens is 414 g/mol. The highest BCUT2D eigenvalue weighted by Gasteiger charge is 2.19. The Morgan fingerprint density at radius 3 is 2.68 bits per heavy atom. The van der Waals surface area contributed by atoms with E-state index in [-0.39, 0.29) is 21.9 Å². The van der Waals surface area contributed by atoms with E-state index in [1.54, 1.807) is 6.20 Å². The molecule has 0 bridgehead atoms. The number of nitrogens with two attached hydrogens (primary N) is 1. The minimum absolute atomic E-state index is 0.0227. The van der Waals surface area contributed by atoms with E-state index in [4.69, 9.17) is 17.3 Å². The molecule has 3 heterocycles. The minimum Gasteiger partial charge on any atom is -0.382 e. The van der Waals surface area contributed by atoms with Gasteiger partial charge >= 0.3 is 0 Å². The van der Waals surface area contributed by atoms with Crippen molar-refractivity contribution in [1.82, 2.24) is 24.9 Å². The van der Waals surface area contributed by atoms with Gasteiger partial charge in [0.25, 0.3) is 5.91 Å². The van der Waals surface area contributed by atoms with E-state index >= 15 is 0 Å². The average Bonchev–Trinajstić information content (AvgIpc) is 3.14. The lowest BCUT2D eigenvalue weighted by Crippen LogP contribution is -2.16. The van der Waals surface area contributed by atoms with Crippen LogP contribution in [0.5, 0.6) is 0 Å². The normalized spacial score (nSPS) is 11.6. The molecule has 9 heteroatoms. The van der Waals surface area contributed by atoms with E-state index in [1.165, 1.54) is 6.33 Å². The highest BCUT2D eigenvalue weighted by Crippen LogP contribution is 2.29. The number of nitrogen functional groups attached to an aromatic ring is 1. The van der Waals surface area contributed by atoms with E-state index in [1.807, 2.05) is 31.2 Å². The molecule has 4 rings (SSSR count). The van der Waals surface area contributed by atoms with Crippen LogP contribution in [0.2, 0.25) is 5.02 Å². The maximum Gasteiger partial charge on any atom is 0.276 e. The molecule has 0 radical (unpaired) electrons. The zero-order valence-electron chi connectivity index (χ0n) is 17.6. The molecule has 0 aliphatic rings. The highest BCUT2D eigenvalue weighted by molar-refractivity contribution is 6.36. The Kier molecular flexibility index (Phi) is 5.10. The summed E-state index contributed by atoms with van der Waals surface area (Å²) in [6, 6.07) is 7.77. The van der Waals surface area contributed by atoms with Gasteiger partial charge in [0.2, 0.25) is 0 Å². The van der Waals surface area contributed by atoms with Gasteiger partial charge in [0.15, 0.2) is 5.69 Å². The number of hydrogen-bond donors (Lipinski definition) is 3. The van der Waals surface area contributed by atoms with Crippen molar-refractivity contribution in [3.05, 3.63) is 58.9 Å². The number of fused-ring (bicyclic) bond motifs is 1. The second-order valence-corrected chi connectivity index (χ2v) is 8.71. The summed E-state index contributed by atoms with van der Waals surface area (Å²) in [5.41, 5.74) is 10.5. The first-order valence-electron chi connectivity index (χ1n) is 9.68. The maximum atomic E-state index is 12.7. The second kappa shape index (κ2) is 7.63. The summed E-state index contributed by atoms with van der Waals surface area (Å²) in [5.74, 6) is 0.376. The highest BCUT2D eigenvalue weighted by atomic mass is 35.5. The number of hydrogen-bond acceptors (Lipinski definition) is 6. The molecule has 8 nitrogen and oxygen atoms in total. The van der Waals surface area contributed by atoms with Gasteiger partial charge < -0.3 is 16.0 Å². The minimum atomic E-state index is -0.461. The van der Waals surface area contributed by atoms with Crippen LogP contribution in [0.15, 0.2) is 36.8 Å². The number of carbonyl (C=O) groups excluding carboxylic acids is 1. The molecule has 1 amide bonds. The Balaban J connectivity index is 1.68. The Morgan fingerprint density at radius 1 is 1.16 bits per heavy atom. The van der Waals surface area contributed by atoms with Gasteiger partial charge in [0.1, 0.15) is 23.0 Å². The van der Waals surface area contributed by atoms with Crippen LogP contribution in [0, 0.1) is 6.92 Å². The Bertz CT molecular complexity index is 1310.